The van der Waals surface area contributed by atoms with Gasteiger partial charge in [0.15, 0.2) is 0 Å². The molecule has 0 saturated carbocycles. The van der Waals surface area contributed by atoms with Crippen molar-refractivity contribution in [2.24, 2.45) is 0 Å². The van der Waals surface area contributed by atoms with Gasteiger partial charge in [-0.3, -0.25) is 4.79 Å². The highest BCUT2D eigenvalue weighted by Crippen LogP contribution is 2.20. The second-order valence-electron chi connectivity index (χ2n) is 5.52. The van der Waals surface area contributed by atoms with Crippen molar-refractivity contribution in [3.05, 3.63) is 77.6 Å². The Kier molecular flexibility index (Phi) is 5.08. The monoisotopic (exact) mass is 343 g/mol. The summed E-state index contributed by atoms with van der Waals surface area (Å²) in [5.41, 5.74) is 1.28. The molecule has 1 heterocycles. The fourth-order valence-electron chi connectivity index (χ4n) is 2.52. The van der Waals surface area contributed by atoms with Crippen LogP contribution in [0.1, 0.15) is 17.2 Å². The first-order valence-corrected chi connectivity index (χ1v) is 7.60. The number of carbonyl (C=O) groups excluding carboxylic acids is 1. The maximum atomic E-state index is 13.6. The van der Waals surface area contributed by atoms with Crippen molar-refractivity contribution < 1.29 is 13.6 Å². The normalized spacial score (nSPS) is 11.9. The van der Waals surface area contributed by atoms with Crippen LogP contribution in [0.3, 0.4) is 0 Å². The van der Waals surface area contributed by atoms with E-state index in [1.165, 1.54) is 35.3 Å². The minimum atomic E-state index is -0.513. The number of aromatic nitrogens is 4. The van der Waals surface area contributed by atoms with Gasteiger partial charge in [-0.05, 0) is 52.2 Å². The van der Waals surface area contributed by atoms with Crippen LogP contribution < -0.4 is 5.32 Å². The lowest BCUT2D eigenvalue weighted by atomic mass is 9.98. The molecule has 1 aromatic heterocycles. The molecule has 3 aromatic rings. The Morgan fingerprint density at radius 1 is 1.12 bits per heavy atom. The Balaban J connectivity index is 1.79. The van der Waals surface area contributed by atoms with E-state index < -0.39 is 11.9 Å². The number of halogens is 2. The van der Waals surface area contributed by atoms with Gasteiger partial charge in [0.05, 0.1) is 6.04 Å². The summed E-state index contributed by atoms with van der Waals surface area (Å²) < 4.78 is 28.3. The van der Waals surface area contributed by atoms with Crippen LogP contribution in [0.25, 0.3) is 0 Å². The summed E-state index contributed by atoms with van der Waals surface area (Å²) in [6.45, 7) is -0.0675. The molecule has 6 nitrogen and oxygen atoms in total. The number of benzene rings is 2. The van der Waals surface area contributed by atoms with Crippen molar-refractivity contribution in [3.63, 3.8) is 0 Å². The number of hydrogen-bond acceptors (Lipinski definition) is 4. The van der Waals surface area contributed by atoms with Crippen molar-refractivity contribution in [2.75, 3.05) is 0 Å². The zero-order chi connectivity index (χ0) is 17.6. The lowest BCUT2D eigenvalue weighted by Gasteiger charge is -2.19. The lowest BCUT2D eigenvalue weighted by Crippen LogP contribution is -2.33. The molecule has 3 rings (SSSR count). The van der Waals surface area contributed by atoms with Crippen molar-refractivity contribution in [2.45, 2.75) is 19.0 Å². The predicted molar refractivity (Wildman–Crippen MR) is 85.2 cm³/mol. The van der Waals surface area contributed by atoms with Crippen LogP contribution in [-0.2, 0) is 17.8 Å². The summed E-state index contributed by atoms with van der Waals surface area (Å²) in [4.78, 5) is 12.2. The molecule has 0 radical (unpaired) electrons. The Bertz CT molecular complexity index is 854. The number of amides is 1. The van der Waals surface area contributed by atoms with Crippen LogP contribution in [0.15, 0.2) is 54.9 Å². The minimum Gasteiger partial charge on any atom is -0.347 e. The van der Waals surface area contributed by atoms with E-state index in [1.54, 1.807) is 24.3 Å². The third kappa shape index (κ3) is 4.66. The first-order valence-electron chi connectivity index (χ1n) is 7.60. The molecule has 0 aliphatic rings. The Labute approximate surface area is 142 Å². The quantitative estimate of drug-likeness (QED) is 0.743. The second-order valence-corrected chi connectivity index (χ2v) is 5.52. The van der Waals surface area contributed by atoms with E-state index >= 15 is 0 Å². The fourth-order valence-corrected chi connectivity index (χ4v) is 2.52. The van der Waals surface area contributed by atoms with Crippen LogP contribution in [0.5, 0.6) is 0 Å². The second kappa shape index (κ2) is 7.61. The van der Waals surface area contributed by atoms with Crippen molar-refractivity contribution in [1.29, 1.82) is 0 Å². The van der Waals surface area contributed by atoms with Crippen molar-refractivity contribution in [3.8, 4) is 0 Å². The number of carbonyl (C=O) groups is 1. The number of nitrogens with zero attached hydrogens (tertiary/aromatic N) is 4. The number of rotatable bonds is 6. The Morgan fingerprint density at radius 3 is 2.56 bits per heavy atom. The molecule has 0 saturated heterocycles. The molecule has 1 N–H and O–H groups in total. The molecule has 0 unspecified atom stereocenters. The molecule has 1 atom stereocenters. The Hall–Kier alpha value is -3.16. The van der Waals surface area contributed by atoms with Gasteiger partial charge in [0.1, 0.15) is 24.5 Å². The summed E-state index contributed by atoms with van der Waals surface area (Å²) >= 11 is 0. The van der Waals surface area contributed by atoms with Gasteiger partial charge in [-0.1, -0.05) is 24.3 Å². The van der Waals surface area contributed by atoms with Gasteiger partial charge < -0.3 is 5.32 Å². The van der Waals surface area contributed by atoms with E-state index in [1.807, 2.05) is 0 Å². The molecular formula is C17H15F2N5O. The van der Waals surface area contributed by atoms with E-state index in [0.29, 0.717) is 17.5 Å². The van der Waals surface area contributed by atoms with Gasteiger partial charge in [0.25, 0.3) is 0 Å². The van der Waals surface area contributed by atoms with Crippen molar-refractivity contribution >= 4 is 5.91 Å². The van der Waals surface area contributed by atoms with Crippen LogP contribution >= 0.6 is 0 Å². The standard InChI is InChI=1S/C17H15F2N5O/c18-14-5-1-3-12(7-14)8-16(13-4-2-6-15(19)9-13)21-17(25)10-24-11-20-22-23-24/h1-7,9,11,16H,8,10H2,(H,21,25)/t16-/m1/s1. The Morgan fingerprint density at radius 2 is 1.88 bits per heavy atom. The summed E-state index contributed by atoms with van der Waals surface area (Å²) in [7, 11) is 0. The molecule has 25 heavy (non-hydrogen) atoms. The van der Waals surface area contributed by atoms with Gasteiger partial charge in [-0.2, -0.15) is 0 Å². The van der Waals surface area contributed by atoms with Gasteiger partial charge in [0.2, 0.25) is 5.91 Å². The van der Waals surface area contributed by atoms with E-state index in [4.69, 9.17) is 0 Å². The molecule has 1 amide bonds. The van der Waals surface area contributed by atoms with E-state index in [9.17, 15) is 13.6 Å². The topological polar surface area (TPSA) is 72.7 Å². The smallest absolute Gasteiger partial charge is 0.242 e. The molecule has 0 bridgehead atoms. The highest BCUT2D eigenvalue weighted by Gasteiger charge is 2.17. The summed E-state index contributed by atoms with van der Waals surface area (Å²) in [5.74, 6) is -1.11. The first-order chi connectivity index (χ1) is 12.1. The fraction of sp³-hybridized carbons (Fsp3) is 0.176. The van der Waals surface area contributed by atoms with Gasteiger partial charge in [-0.15, -0.1) is 5.10 Å². The van der Waals surface area contributed by atoms with E-state index in [2.05, 4.69) is 20.8 Å². The third-order valence-electron chi connectivity index (χ3n) is 3.61. The molecule has 2 aromatic carbocycles. The van der Waals surface area contributed by atoms with Crippen LogP contribution in [0, 0.1) is 11.6 Å². The summed E-state index contributed by atoms with van der Waals surface area (Å²) in [6, 6.07) is 11.5. The zero-order valence-corrected chi connectivity index (χ0v) is 13.1. The predicted octanol–water partition coefficient (Wildman–Crippen LogP) is 2.05. The summed E-state index contributed by atoms with van der Waals surface area (Å²) in [6.07, 6.45) is 1.64. The molecular weight excluding hydrogens is 328 g/mol. The molecule has 0 aliphatic heterocycles. The van der Waals surface area contributed by atoms with Crippen LogP contribution in [0.2, 0.25) is 0 Å². The molecule has 0 aliphatic carbocycles. The SMILES string of the molecule is O=C(Cn1cnnn1)N[C@H](Cc1cccc(F)c1)c1cccc(F)c1. The average Bonchev–Trinajstić information content (AvgIpc) is 3.07. The van der Waals surface area contributed by atoms with Crippen LogP contribution in [0.4, 0.5) is 8.78 Å². The van der Waals surface area contributed by atoms with Gasteiger partial charge in [0, 0.05) is 0 Å². The first kappa shape index (κ1) is 16.7. The maximum absolute atomic E-state index is 13.6. The van der Waals surface area contributed by atoms with E-state index in [-0.39, 0.29) is 18.3 Å². The van der Waals surface area contributed by atoms with Crippen molar-refractivity contribution in [1.82, 2.24) is 25.5 Å². The number of tetrazole rings is 1. The highest BCUT2D eigenvalue weighted by molar-refractivity contribution is 5.76. The largest absolute Gasteiger partial charge is 0.347 e. The molecule has 128 valence electrons. The van der Waals surface area contributed by atoms with E-state index in [0.717, 1.165) is 0 Å². The maximum Gasteiger partial charge on any atom is 0.242 e. The van der Waals surface area contributed by atoms with Crippen LogP contribution in [-0.4, -0.2) is 26.1 Å². The third-order valence-corrected chi connectivity index (χ3v) is 3.61. The number of nitrogens with one attached hydrogen (secondary N) is 1. The molecule has 0 fully saturated rings. The average molecular weight is 343 g/mol. The van der Waals surface area contributed by atoms with Gasteiger partial charge in [-0.25, -0.2) is 13.5 Å². The summed E-state index contributed by atoms with van der Waals surface area (Å²) in [5, 5.41) is 13.4. The molecule has 8 heteroatoms. The number of hydrogen-bond donors (Lipinski definition) is 1. The highest BCUT2D eigenvalue weighted by atomic mass is 19.1. The minimum absolute atomic E-state index is 0.0675. The zero-order valence-electron chi connectivity index (χ0n) is 13.1. The van der Waals surface area contributed by atoms with Gasteiger partial charge >= 0.3 is 0 Å². The lowest BCUT2D eigenvalue weighted by molar-refractivity contribution is -0.122. The molecule has 0 spiro atoms.